The number of amides is 1. The number of nitrogens with zero attached hydrogens (tertiary/aromatic N) is 2. The summed E-state index contributed by atoms with van der Waals surface area (Å²) in [6.45, 7) is 0.867. The summed E-state index contributed by atoms with van der Waals surface area (Å²) in [4.78, 5) is 24.1. The number of nitriles is 1. The third-order valence-electron chi connectivity index (χ3n) is 2.37. The lowest BCUT2D eigenvalue weighted by molar-refractivity contribution is 0.0634. The summed E-state index contributed by atoms with van der Waals surface area (Å²) in [5.74, 6) is -2.05. The number of hydrogen-bond donors (Lipinski definition) is 1. The monoisotopic (exact) mass is 266 g/mol. The van der Waals surface area contributed by atoms with Crippen LogP contribution < -0.4 is 0 Å². The van der Waals surface area contributed by atoms with Crippen LogP contribution in [0.5, 0.6) is 0 Å². The van der Waals surface area contributed by atoms with Gasteiger partial charge in [0.05, 0.1) is 19.1 Å². The van der Waals surface area contributed by atoms with Gasteiger partial charge in [0.15, 0.2) is 5.76 Å². The average Bonchev–Trinajstić information content (AvgIpc) is 2.88. The van der Waals surface area contributed by atoms with Crippen molar-refractivity contribution in [2.24, 2.45) is 0 Å². The fourth-order valence-corrected chi connectivity index (χ4v) is 1.42. The lowest BCUT2D eigenvalue weighted by Gasteiger charge is -2.19. The Labute approximate surface area is 110 Å². The van der Waals surface area contributed by atoms with Gasteiger partial charge >= 0.3 is 5.97 Å². The van der Waals surface area contributed by atoms with Crippen molar-refractivity contribution in [3.63, 3.8) is 0 Å². The molecular weight excluding hydrogens is 252 g/mol. The lowest BCUT2D eigenvalue weighted by atomic mass is 10.3. The van der Waals surface area contributed by atoms with Gasteiger partial charge in [0, 0.05) is 20.2 Å². The van der Waals surface area contributed by atoms with Gasteiger partial charge in [-0.25, -0.2) is 4.79 Å². The zero-order valence-electron chi connectivity index (χ0n) is 10.5. The maximum atomic E-state index is 12.1. The zero-order chi connectivity index (χ0) is 14.3. The Bertz CT molecular complexity index is 489. The van der Waals surface area contributed by atoms with E-state index in [1.807, 2.05) is 6.07 Å². The molecular formula is C12H14N2O5. The lowest BCUT2D eigenvalue weighted by Crippen LogP contribution is -2.34. The van der Waals surface area contributed by atoms with Gasteiger partial charge in [0.2, 0.25) is 5.76 Å². The molecule has 1 amide bonds. The van der Waals surface area contributed by atoms with Crippen molar-refractivity contribution in [3.8, 4) is 6.07 Å². The van der Waals surface area contributed by atoms with Crippen molar-refractivity contribution in [2.75, 3.05) is 26.8 Å². The standard InChI is InChI=1S/C12H14N2O5/c1-18-8-7-14(6-2-5-13)11(15)9-3-4-10(19-9)12(16)17/h3-4H,2,6-8H2,1H3,(H,16,17). The Kier molecular flexibility index (Phi) is 5.57. The number of ether oxygens (including phenoxy) is 1. The molecule has 0 unspecified atom stereocenters. The highest BCUT2D eigenvalue weighted by Crippen LogP contribution is 2.11. The first-order chi connectivity index (χ1) is 9.10. The molecule has 0 aliphatic carbocycles. The van der Waals surface area contributed by atoms with Crippen LogP contribution in [0.25, 0.3) is 0 Å². The van der Waals surface area contributed by atoms with E-state index >= 15 is 0 Å². The largest absolute Gasteiger partial charge is 0.475 e. The molecule has 19 heavy (non-hydrogen) atoms. The van der Waals surface area contributed by atoms with Crippen LogP contribution in [-0.4, -0.2) is 48.7 Å². The summed E-state index contributed by atoms with van der Waals surface area (Å²) in [5.41, 5.74) is 0. The Hall–Kier alpha value is -2.33. The maximum absolute atomic E-state index is 12.1. The maximum Gasteiger partial charge on any atom is 0.371 e. The van der Waals surface area contributed by atoms with E-state index < -0.39 is 11.9 Å². The van der Waals surface area contributed by atoms with E-state index in [1.165, 1.54) is 24.1 Å². The Morgan fingerprint density at radius 3 is 2.63 bits per heavy atom. The van der Waals surface area contributed by atoms with Crippen molar-refractivity contribution in [1.29, 1.82) is 5.26 Å². The predicted octanol–water partition coefficient (Wildman–Crippen LogP) is 0.980. The topological polar surface area (TPSA) is 104 Å². The van der Waals surface area contributed by atoms with Gasteiger partial charge in [-0.05, 0) is 12.1 Å². The highest BCUT2D eigenvalue weighted by molar-refractivity contribution is 5.93. The van der Waals surface area contributed by atoms with Crippen LogP contribution in [-0.2, 0) is 4.74 Å². The Morgan fingerprint density at radius 2 is 2.11 bits per heavy atom. The van der Waals surface area contributed by atoms with Gasteiger partial charge in [0.25, 0.3) is 5.91 Å². The molecule has 1 N–H and O–H groups in total. The van der Waals surface area contributed by atoms with Crippen LogP contribution in [0.15, 0.2) is 16.5 Å². The molecule has 1 aromatic heterocycles. The van der Waals surface area contributed by atoms with Crippen molar-refractivity contribution in [1.82, 2.24) is 4.90 Å². The second kappa shape index (κ2) is 7.18. The number of hydrogen-bond acceptors (Lipinski definition) is 5. The molecule has 7 heteroatoms. The summed E-state index contributed by atoms with van der Waals surface area (Å²) in [6.07, 6.45) is 0.182. The molecule has 1 aromatic rings. The number of furan rings is 1. The second-order valence-corrected chi connectivity index (χ2v) is 3.66. The summed E-state index contributed by atoms with van der Waals surface area (Å²) in [7, 11) is 1.50. The first-order valence-electron chi connectivity index (χ1n) is 5.58. The number of carboxylic acid groups (broad SMARTS) is 1. The number of carbonyl (C=O) groups is 2. The molecule has 1 rings (SSSR count). The molecule has 0 spiro atoms. The summed E-state index contributed by atoms with van der Waals surface area (Å²) in [5, 5.41) is 17.3. The molecule has 0 aliphatic heterocycles. The normalized spacial score (nSPS) is 9.89. The minimum atomic E-state index is -1.24. The van der Waals surface area contributed by atoms with Gasteiger partial charge in [-0.2, -0.15) is 5.26 Å². The number of rotatable bonds is 7. The number of aromatic carboxylic acids is 1. The van der Waals surface area contributed by atoms with E-state index in [0.29, 0.717) is 13.2 Å². The molecule has 0 atom stereocenters. The van der Waals surface area contributed by atoms with Crippen LogP contribution >= 0.6 is 0 Å². The first kappa shape index (κ1) is 14.7. The number of carbonyl (C=O) groups excluding carboxylic acids is 1. The second-order valence-electron chi connectivity index (χ2n) is 3.66. The van der Waals surface area contributed by atoms with Crippen LogP contribution in [0.2, 0.25) is 0 Å². The molecule has 0 saturated carbocycles. The fourth-order valence-electron chi connectivity index (χ4n) is 1.42. The van der Waals surface area contributed by atoms with Crippen molar-refractivity contribution >= 4 is 11.9 Å². The van der Waals surface area contributed by atoms with E-state index in [2.05, 4.69) is 0 Å². The third kappa shape index (κ3) is 4.12. The van der Waals surface area contributed by atoms with E-state index in [-0.39, 0.29) is 24.5 Å². The molecule has 0 aromatic carbocycles. The van der Waals surface area contributed by atoms with Crippen LogP contribution in [0.4, 0.5) is 0 Å². The Balaban J connectivity index is 2.78. The van der Waals surface area contributed by atoms with Gasteiger partial charge in [-0.3, -0.25) is 4.79 Å². The van der Waals surface area contributed by atoms with Crippen molar-refractivity contribution in [2.45, 2.75) is 6.42 Å². The summed E-state index contributed by atoms with van der Waals surface area (Å²) >= 11 is 0. The van der Waals surface area contributed by atoms with Crippen LogP contribution in [0, 0.1) is 11.3 Å². The molecule has 0 bridgehead atoms. The first-order valence-corrected chi connectivity index (χ1v) is 5.58. The van der Waals surface area contributed by atoms with E-state index in [0.717, 1.165) is 0 Å². The minimum absolute atomic E-state index is 0.0635. The van der Waals surface area contributed by atoms with Gasteiger partial charge < -0.3 is 19.2 Å². The quantitative estimate of drug-likeness (QED) is 0.788. The van der Waals surface area contributed by atoms with Crippen molar-refractivity contribution < 1.29 is 23.8 Å². The van der Waals surface area contributed by atoms with Crippen molar-refractivity contribution in [3.05, 3.63) is 23.7 Å². The zero-order valence-corrected chi connectivity index (χ0v) is 10.5. The molecule has 0 radical (unpaired) electrons. The molecule has 0 fully saturated rings. The molecule has 0 saturated heterocycles. The highest BCUT2D eigenvalue weighted by atomic mass is 16.5. The van der Waals surface area contributed by atoms with Gasteiger partial charge in [-0.15, -0.1) is 0 Å². The number of methoxy groups -OCH3 is 1. The SMILES string of the molecule is COCCN(CCC#N)C(=O)c1ccc(C(=O)O)o1. The molecule has 0 aliphatic rings. The minimum Gasteiger partial charge on any atom is -0.475 e. The van der Waals surface area contributed by atoms with Crippen LogP contribution in [0.3, 0.4) is 0 Å². The van der Waals surface area contributed by atoms with E-state index in [1.54, 1.807) is 0 Å². The third-order valence-corrected chi connectivity index (χ3v) is 2.37. The van der Waals surface area contributed by atoms with E-state index in [4.69, 9.17) is 19.5 Å². The highest BCUT2D eigenvalue weighted by Gasteiger charge is 2.20. The van der Waals surface area contributed by atoms with Crippen LogP contribution in [0.1, 0.15) is 27.5 Å². The molecule has 7 nitrogen and oxygen atoms in total. The average molecular weight is 266 g/mol. The Morgan fingerprint density at radius 1 is 1.42 bits per heavy atom. The number of carboxylic acids is 1. The fraction of sp³-hybridized carbons (Fsp3) is 0.417. The molecule has 1 heterocycles. The molecule has 102 valence electrons. The van der Waals surface area contributed by atoms with Gasteiger partial charge in [-0.1, -0.05) is 0 Å². The predicted molar refractivity (Wildman–Crippen MR) is 63.7 cm³/mol. The van der Waals surface area contributed by atoms with Gasteiger partial charge in [0.1, 0.15) is 0 Å². The smallest absolute Gasteiger partial charge is 0.371 e. The summed E-state index contributed by atoms with van der Waals surface area (Å²) < 4.78 is 9.81. The van der Waals surface area contributed by atoms with E-state index in [9.17, 15) is 9.59 Å². The summed E-state index contributed by atoms with van der Waals surface area (Å²) in [6, 6.07) is 4.47.